The highest BCUT2D eigenvalue weighted by Gasteiger charge is 2.25. The molecule has 0 saturated heterocycles. The third kappa shape index (κ3) is 5.60. The van der Waals surface area contributed by atoms with Crippen LogP contribution in [0, 0.1) is 6.92 Å². The first kappa shape index (κ1) is 26.2. The Morgan fingerprint density at radius 3 is 2.54 bits per heavy atom. The minimum atomic E-state index is -0.502. The number of methoxy groups -OCH3 is 2. The number of nitrogens with zero attached hydrogens (tertiary/aromatic N) is 3. The number of para-hydroxylation sites is 1. The van der Waals surface area contributed by atoms with E-state index in [9.17, 15) is 9.59 Å². The first-order valence-electron chi connectivity index (χ1n) is 11.4. The van der Waals surface area contributed by atoms with Gasteiger partial charge in [0.1, 0.15) is 16.3 Å². The zero-order valence-corrected chi connectivity index (χ0v) is 22.3. The van der Waals surface area contributed by atoms with Crippen LogP contribution in [0.3, 0.4) is 0 Å². The van der Waals surface area contributed by atoms with Gasteiger partial charge in [0.2, 0.25) is 5.91 Å². The first-order valence-corrected chi connectivity index (χ1v) is 13.2. The van der Waals surface area contributed by atoms with Crippen molar-refractivity contribution in [3.8, 4) is 28.3 Å². The molecule has 0 spiro atoms. The van der Waals surface area contributed by atoms with Crippen molar-refractivity contribution in [2.75, 3.05) is 25.3 Å². The molecule has 4 aromatic rings. The van der Waals surface area contributed by atoms with E-state index < -0.39 is 5.97 Å². The van der Waals surface area contributed by atoms with E-state index in [-0.39, 0.29) is 11.7 Å². The lowest BCUT2D eigenvalue weighted by Gasteiger charge is -2.11. The van der Waals surface area contributed by atoms with Crippen molar-refractivity contribution in [1.29, 1.82) is 0 Å². The van der Waals surface area contributed by atoms with Gasteiger partial charge in [0.05, 0.1) is 25.5 Å². The normalized spacial score (nSPS) is 10.7. The van der Waals surface area contributed by atoms with Gasteiger partial charge >= 0.3 is 5.97 Å². The van der Waals surface area contributed by atoms with Crippen LogP contribution in [0.1, 0.15) is 15.2 Å². The van der Waals surface area contributed by atoms with Crippen LogP contribution in [0.2, 0.25) is 0 Å². The SMILES string of the molecule is C=CCn1c(SCC(=O)Nc2sc(C)c(-c3ccccc3)c2C(=O)OC)nnc1-c1ccccc1OC. The summed E-state index contributed by atoms with van der Waals surface area (Å²) in [5.41, 5.74) is 2.78. The molecule has 0 fully saturated rings. The monoisotopic (exact) mass is 534 g/mol. The van der Waals surface area contributed by atoms with Gasteiger partial charge in [-0.1, -0.05) is 60.3 Å². The van der Waals surface area contributed by atoms with E-state index in [0.717, 1.165) is 21.6 Å². The molecule has 0 aliphatic carbocycles. The van der Waals surface area contributed by atoms with Crippen molar-refractivity contribution >= 4 is 40.0 Å². The van der Waals surface area contributed by atoms with Gasteiger partial charge in [0.25, 0.3) is 0 Å². The van der Waals surface area contributed by atoms with Crippen molar-refractivity contribution < 1.29 is 19.1 Å². The number of nitrogens with one attached hydrogen (secondary N) is 1. The summed E-state index contributed by atoms with van der Waals surface area (Å²) in [7, 11) is 2.93. The van der Waals surface area contributed by atoms with Crippen LogP contribution in [-0.4, -0.2) is 46.6 Å². The molecule has 190 valence electrons. The van der Waals surface area contributed by atoms with E-state index in [1.165, 1.54) is 30.2 Å². The molecule has 10 heteroatoms. The third-order valence-corrected chi connectivity index (χ3v) is 7.49. The second-order valence-electron chi connectivity index (χ2n) is 7.84. The van der Waals surface area contributed by atoms with Gasteiger partial charge in [-0.3, -0.25) is 9.36 Å². The Bertz CT molecular complexity index is 1430. The number of esters is 1. The smallest absolute Gasteiger partial charge is 0.341 e. The fourth-order valence-corrected chi connectivity index (χ4v) is 5.72. The van der Waals surface area contributed by atoms with Crippen LogP contribution < -0.4 is 10.1 Å². The summed E-state index contributed by atoms with van der Waals surface area (Å²) in [5, 5.41) is 12.6. The van der Waals surface area contributed by atoms with Crippen molar-refractivity contribution in [3.05, 3.63) is 77.7 Å². The number of thiophene rings is 1. The van der Waals surface area contributed by atoms with Crippen LogP contribution >= 0.6 is 23.1 Å². The van der Waals surface area contributed by atoms with Gasteiger partial charge in [-0.25, -0.2) is 4.79 Å². The molecule has 2 aromatic heterocycles. The molecule has 0 aliphatic heterocycles. The lowest BCUT2D eigenvalue weighted by molar-refractivity contribution is -0.113. The Balaban J connectivity index is 1.56. The number of ether oxygens (including phenoxy) is 2. The van der Waals surface area contributed by atoms with Gasteiger partial charge < -0.3 is 14.8 Å². The number of rotatable bonds is 10. The van der Waals surface area contributed by atoms with Crippen LogP contribution in [0.25, 0.3) is 22.5 Å². The second kappa shape index (κ2) is 11.9. The van der Waals surface area contributed by atoms with E-state index in [0.29, 0.717) is 33.8 Å². The fraction of sp³-hybridized carbons (Fsp3) is 0.185. The van der Waals surface area contributed by atoms with Crippen LogP contribution in [-0.2, 0) is 16.1 Å². The Hall–Kier alpha value is -3.89. The molecule has 0 unspecified atom stereocenters. The predicted octanol–water partition coefficient (Wildman–Crippen LogP) is 5.69. The van der Waals surface area contributed by atoms with Crippen LogP contribution in [0.4, 0.5) is 5.00 Å². The third-order valence-electron chi connectivity index (χ3n) is 5.50. The van der Waals surface area contributed by atoms with Crippen molar-refractivity contribution in [2.24, 2.45) is 0 Å². The molecule has 8 nitrogen and oxygen atoms in total. The van der Waals surface area contributed by atoms with E-state index in [1.807, 2.05) is 66.1 Å². The quantitative estimate of drug-likeness (QED) is 0.159. The highest BCUT2D eigenvalue weighted by molar-refractivity contribution is 7.99. The highest BCUT2D eigenvalue weighted by Crippen LogP contribution is 2.40. The molecule has 2 heterocycles. The zero-order valence-electron chi connectivity index (χ0n) is 20.7. The molecular formula is C27H26N4O4S2. The molecule has 0 bridgehead atoms. The van der Waals surface area contributed by atoms with E-state index in [1.54, 1.807) is 13.2 Å². The van der Waals surface area contributed by atoms with Gasteiger partial charge in [-0.15, -0.1) is 28.1 Å². The molecule has 2 aromatic carbocycles. The highest BCUT2D eigenvalue weighted by atomic mass is 32.2. The molecule has 0 saturated carbocycles. The molecule has 37 heavy (non-hydrogen) atoms. The maximum absolute atomic E-state index is 13.0. The largest absolute Gasteiger partial charge is 0.496 e. The fourth-order valence-electron chi connectivity index (χ4n) is 3.89. The maximum atomic E-state index is 13.0. The number of allylic oxidation sites excluding steroid dienone is 1. The summed E-state index contributed by atoms with van der Waals surface area (Å²) in [4.78, 5) is 26.6. The standard InChI is InChI=1S/C27H26N4O4S2/c1-5-15-31-24(19-13-9-10-14-20(19)34-3)29-30-27(31)36-16-21(32)28-25-23(26(33)35-4)22(17(2)37-25)18-11-7-6-8-12-18/h5-14H,1,15-16H2,2-4H3,(H,28,32). The Morgan fingerprint density at radius 1 is 1.11 bits per heavy atom. The van der Waals surface area contributed by atoms with E-state index >= 15 is 0 Å². The summed E-state index contributed by atoms with van der Waals surface area (Å²) in [6, 6.07) is 17.1. The number of amides is 1. The van der Waals surface area contributed by atoms with Gasteiger partial charge in [-0.2, -0.15) is 0 Å². The second-order valence-corrected chi connectivity index (χ2v) is 10.0. The number of carbonyl (C=O) groups is 2. The average molecular weight is 535 g/mol. The van der Waals surface area contributed by atoms with Crippen LogP contribution in [0.15, 0.2) is 72.4 Å². The number of thioether (sulfide) groups is 1. The molecule has 1 amide bonds. The van der Waals surface area contributed by atoms with E-state index in [4.69, 9.17) is 9.47 Å². The molecule has 4 rings (SSSR count). The number of aromatic nitrogens is 3. The topological polar surface area (TPSA) is 95.3 Å². The Labute approximate surface area is 223 Å². The summed E-state index contributed by atoms with van der Waals surface area (Å²) >= 11 is 2.59. The summed E-state index contributed by atoms with van der Waals surface area (Å²) in [6.07, 6.45) is 1.74. The van der Waals surface area contributed by atoms with Crippen molar-refractivity contribution in [1.82, 2.24) is 14.8 Å². The maximum Gasteiger partial charge on any atom is 0.341 e. The average Bonchev–Trinajstić information content (AvgIpc) is 3.47. The van der Waals surface area contributed by atoms with Gasteiger partial charge in [0, 0.05) is 17.0 Å². The van der Waals surface area contributed by atoms with Crippen molar-refractivity contribution in [2.45, 2.75) is 18.6 Å². The molecular weight excluding hydrogens is 508 g/mol. The Kier molecular flexibility index (Phi) is 8.42. The summed E-state index contributed by atoms with van der Waals surface area (Å²) < 4.78 is 12.4. The van der Waals surface area contributed by atoms with Crippen molar-refractivity contribution in [3.63, 3.8) is 0 Å². The molecule has 0 atom stereocenters. The van der Waals surface area contributed by atoms with Gasteiger partial charge in [-0.05, 0) is 24.6 Å². The minimum absolute atomic E-state index is 0.0689. The number of hydrogen-bond acceptors (Lipinski definition) is 8. The molecule has 0 aliphatic rings. The number of carbonyl (C=O) groups excluding carboxylic acids is 2. The minimum Gasteiger partial charge on any atom is -0.496 e. The number of benzene rings is 2. The predicted molar refractivity (Wildman–Crippen MR) is 147 cm³/mol. The summed E-state index contributed by atoms with van der Waals surface area (Å²) in [5.74, 6) is 0.586. The van der Waals surface area contributed by atoms with Crippen LogP contribution in [0.5, 0.6) is 5.75 Å². The number of aryl methyl sites for hydroxylation is 1. The first-order chi connectivity index (χ1) is 18.0. The number of hydrogen-bond donors (Lipinski definition) is 1. The molecule has 1 N–H and O–H groups in total. The molecule has 0 radical (unpaired) electrons. The van der Waals surface area contributed by atoms with E-state index in [2.05, 4.69) is 22.1 Å². The summed E-state index contributed by atoms with van der Waals surface area (Å²) in [6.45, 7) is 6.21. The zero-order chi connectivity index (χ0) is 26.4. The number of anilines is 1. The van der Waals surface area contributed by atoms with Gasteiger partial charge in [0.15, 0.2) is 11.0 Å². The lowest BCUT2D eigenvalue weighted by atomic mass is 10.0. The Morgan fingerprint density at radius 2 is 1.84 bits per heavy atom. The lowest BCUT2D eigenvalue weighted by Crippen LogP contribution is -2.16.